The summed E-state index contributed by atoms with van der Waals surface area (Å²) in [6.07, 6.45) is 5.24. The topological polar surface area (TPSA) is 89.5 Å². The minimum Gasteiger partial charge on any atom is -0.507 e. The summed E-state index contributed by atoms with van der Waals surface area (Å²) in [7, 11) is 0. The van der Waals surface area contributed by atoms with Crippen LogP contribution < -0.4 is 5.32 Å². The lowest BCUT2D eigenvalue weighted by atomic mass is 9.89. The van der Waals surface area contributed by atoms with Gasteiger partial charge >= 0.3 is 0 Å². The molecule has 2 unspecified atom stereocenters. The van der Waals surface area contributed by atoms with Gasteiger partial charge in [0, 0.05) is 38.9 Å². The van der Waals surface area contributed by atoms with Crippen molar-refractivity contribution in [1.82, 2.24) is 10.2 Å². The van der Waals surface area contributed by atoms with Crippen LogP contribution in [0, 0.1) is 31.1 Å². The second-order valence-electron chi connectivity index (χ2n) is 11.9. The van der Waals surface area contributed by atoms with Crippen molar-refractivity contribution < 1.29 is 14.3 Å². The van der Waals surface area contributed by atoms with Crippen molar-refractivity contribution in [3.05, 3.63) is 108 Å². The van der Waals surface area contributed by atoms with Crippen molar-refractivity contribution in [2.24, 2.45) is 5.92 Å². The molecule has 0 saturated carbocycles. The Hall–Kier alpha value is -3.28. The Balaban J connectivity index is 1.29. The normalized spacial score (nSPS) is 15.1. The summed E-state index contributed by atoms with van der Waals surface area (Å²) >= 11 is 14.6. The highest BCUT2D eigenvalue weighted by atomic mass is 35.5. The van der Waals surface area contributed by atoms with Crippen LogP contribution in [0.3, 0.4) is 0 Å². The summed E-state index contributed by atoms with van der Waals surface area (Å²) in [6, 6.07) is 17.2. The predicted octanol–water partition coefficient (Wildman–Crippen LogP) is 8.79. The van der Waals surface area contributed by atoms with Crippen molar-refractivity contribution >= 4 is 40.4 Å². The second kappa shape index (κ2) is 14.9. The first-order valence-corrected chi connectivity index (χ1v) is 17.1. The number of furan rings is 1. The number of nitriles is 1. The standard InChI is InChI=1S/C36H39Cl2N3O3S/c1-4-24(19-40-36(43)30-7-5-6-8-33(30)42)9-14-34-31(18-39)29-13-12-27(17-35(29)45-34)41(21-28-15-22(2)23(3)44-28)20-25-10-11-26(37)16-32(25)38/h5-8,10-11,15-16,24,27,42H,4,9,12-14,17,19-21H2,1-3H3,(H,40,43). The number of carbonyl (C=O) groups excluding carboxylic acids is 1. The molecule has 1 aliphatic carbocycles. The van der Waals surface area contributed by atoms with Gasteiger partial charge in [0.1, 0.15) is 23.3 Å². The van der Waals surface area contributed by atoms with Gasteiger partial charge in [-0.25, -0.2) is 0 Å². The third-order valence-electron chi connectivity index (χ3n) is 8.96. The Labute approximate surface area is 279 Å². The van der Waals surface area contributed by atoms with Gasteiger partial charge in [0.2, 0.25) is 0 Å². The van der Waals surface area contributed by atoms with Gasteiger partial charge in [-0.2, -0.15) is 5.26 Å². The SMILES string of the molecule is CCC(CCc1sc2c(c1C#N)CCC(N(Cc1cc(C)c(C)o1)Cc1ccc(Cl)cc1Cl)C2)CNC(=O)c1ccccc1O. The number of nitrogens with zero attached hydrogens (tertiary/aromatic N) is 2. The fourth-order valence-electron chi connectivity index (χ4n) is 6.14. The van der Waals surface area contributed by atoms with Crippen LogP contribution in [0.25, 0.3) is 0 Å². The smallest absolute Gasteiger partial charge is 0.255 e. The Morgan fingerprint density at radius 2 is 2.00 bits per heavy atom. The first kappa shape index (κ1) is 33.1. The molecule has 2 aromatic heterocycles. The number of rotatable bonds is 12. The summed E-state index contributed by atoms with van der Waals surface area (Å²) in [5, 5.41) is 24.5. The van der Waals surface area contributed by atoms with Gasteiger partial charge in [0.05, 0.1) is 17.7 Å². The lowest BCUT2D eigenvalue weighted by molar-refractivity contribution is 0.0943. The molecule has 2 N–H and O–H groups in total. The molecule has 0 spiro atoms. The van der Waals surface area contributed by atoms with E-state index in [9.17, 15) is 15.2 Å². The van der Waals surface area contributed by atoms with E-state index in [-0.39, 0.29) is 29.2 Å². The molecule has 9 heteroatoms. The molecule has 0 saturated heterocycles. The summed E-state index contributed by atoms with van der Waals surface area (Å²) in [4.78, 5) is 17.5. The van der Waals surface area contributed by atoms with Crippen molar-refractivity contribution in [1.29, 1.82) is 5.26 Å². The number of thiophene rings is 1. The van der Waals surface area contributed by atoms with E-state index in [4.69, 9.17) is 27.6 Å². The minimum absolute atomic E-state index is 0.0200. The highest BCUT2D eigenvalue weighted by Crippen LogP contribution is 2.38. The zero-order valence-corrected chi connectivity index (χ0v) is 28.3. The predicted molar refractivity (Wildman–Crippen MR) is 181 cm³/mol. The van der Waals surface area contributed by atoms with Crippen LogP contribution in [0.2, 0.25) is 10.0 Å². The number of halogens is 2. The molecular weight excluding hydrogens is 625 g/mol. The number of phenolic OH excluding ortho intramolecular Hbond substituents is 1. The molecule has 1 amide bonds. The average molecular weight is 665 g/mol. The van der Waals surface area contributed by atoms with E-state index in [1.807, 2.05) is 19.1 Å². The third-order valence-corrected chi connectivity index (χ3v) is 10.9. The van der Waals surface area contributed by atoms with Crippen LogP contribution in [0.4, 0.5) is 0 Å². The van der Waals surface area contributed by atoms with Crippen LogP contribution in [0.15, 0.2) is 52.9 Å². The summed E-state index contributed by atoms with van der Waals surface area (Å²) in [5.74, 6) is 1.84. The monoisotopic (exact) mass is 663 g/mol. The number of nitrogens with one attached hydrogen (secondary N) is 1. The summed E-state index contributed by atoms with van der Waals surface area (Å²) < 4.78 is 6.09. The summed E-state index contributed by atoms with van der Waals surface area (Å²) in [6.45, 7) is 8.04. The average Bonchev–Trinajstić information content (AvgIpc) is 3.54. The molecule has 5 rings (SSSR count). The van der Waals surface area contributed by atoms with Gasteiger partial charge in [-0.15, -0.1) is 11.3 Å². The van der Waals surface area contributed by atoms with E-state index in [2.05, 4.69) is 36.2 Å². The van der Waals surface area contributed by atoms with Crippen molar-refractivity contribution in [3.63, 3.8) is 0 Å². The van der Waals surface area contributed by atoms with Crippen LogP contribution in [-0.4, -0.2) is 28.5 Å². The first-order chi connectivity index (χ1) is 21.7. The molecule has 236 valence electrons. The van der Waals surface area contributed by atoms with Crippen molar-refractivity contribution in [2.75, 3.05) is 6.54 Å². The molecule has 0 bridgehead atoms. The number of para-hydroxylation sites is 1. The Kier molecular flexibility index (Phi) is 10.9. The van der Waals surface area contributed by atoms with E-state index in [1.54, 1.807) is 35.6 Å². The van der Waals surface area contributed by atoms with Gasteiger partial charge in [-0.3, -0.25) is 9.69 Å². The molecule has 1 aliphatic rings. The number of fused-ring (bicyclic) bond motifs is 1. The van der Waals surface area contributed by atoms with Gasteiger partial charge < -0.3 is 14.8 Å². The first-order valence-electron chi connectivity index (χ1n) is 15.5. The van der Waals surface area contributed by atoms with E-state index in [0.717, 1.165) is 71.6 Å². The van der Waals surface area contributed by atoms with Gasteiger partial charge in [0.25, 0.3) is 5.91 Å². The maximum absolute atomic E-state index is 12.6. The number of aromatic hydroxyl groups is 1. The second-order valence-corrected chi connectivity index (χ2v) is 14.0. The molecule has 0 radical (unpaired) electrons. The number of hydrogen-bond acceptors (Lipinski definition) is 6. The van der Waals surface area contributed by atoms with Gasteiger partial charge in [-0.05, 0) is 98.9 Å². The molecule has 2 heterocycles. The van der Waals surface area contributed by atoms with E-state index in [1.165, 1.54) is 16.5 Å². The van der Waals surface area contributed by atoms with E-state index < -0.39 is 0 Å². The highest BCUT2D eigenvalue weighted by Gasteiger charge is 2.30. The molecule has 4 aromatic rings. The molecule has 2 aromatic carbocycles. The van der Waals surface area contributed by atoms with Crippen LogP contribution >= 0.6 is 34.5 Å². The van der Waals surface area contributed by atoms with Crippen LogP contribution in [-0.2, 0) is 32.4 Å². The van der Waals surface area contributed by atoms with Crippen LogP contribution in [0.5, 0.6) is 5.75 Å². The zero-order chi connectivity index (χ0) is 32.1. The van der Waals surface area contributed by atoms with Crippen molar-refractivity contribution in [2.45, 2.75) is 78.4 Å². The fourth-order valence-corrected chi connectivity index (χ4v) is 8.00. The number of aryl methyl sites for hydroxylation is 3. The van der Waals surface area contributed by atoms with Crippen molar-refractivity contribution in [3.8, 4) is 11.8 Å². The maximum atomic E-state index is 12.6. The van der Waals surface area contributed by atoms with E-state index in [0.29, 0.717) is 29.7 Å². The molecule has 6 nitrogen and oxygen atoms in total. The van der Waals surface area contributed by atoms with Crippen LogP contribution in [0.1, 0.15) is 80.1 Å². The third kappa shape index (κ3) is 7.93. The number of benzene rings is 2. The number of carbonyl (C=O) groups is 1. The number of phenols is 1. The molecule has 2 atom stereocenters. The fraction of sp³-hybridized carbons (Fsp3) is 0.389. The minimum atomic E-state index is -0.272. The largest absolute Gasteiger partial charge is 0.507 e. The maximum Gasteiger partial charge on any atom is 0.255 e. The summed E-state index contributed by atoms with van der Waals surface area (Å²) in [5.41, 5.74) is 4.49. The Morgan fingerprint density at radius 1 is 1.20 bits per heavy atom. The molecule has 0 fully saturated rings. The lowest BCUT2D eigenvalue weighted by Crippen LogP contribution is -2.38. The van der Waals surface area contributed by atoms with Gasteiger partial charge in [0.15, 0.2) is 0 Å². The molecular formula is C36H39Cl2N3O3S. The molecule has 0 aliphatic heterocycles. The number of hydrogen-bond donors (Lipinski definition) is 2. The quantitative estimate of drug-likeness (QED) is 0.158. The lowest BCUT2D eigenvalue weighted by Gasteiger charge is -2.34. The van der Waals surface area contributed by atoms with E-state index >= 15 is 0 Å². The Morgan fingerprint density at radius 3 is 2.69 bits per heavy atom. The van der Waals surface area contributed by atoms with Gasteiger partial charge in [-0.1, -0.05) is 54.7 Å². The number of amides is 1. The molecule has 45 heavy (non-hydrogen) atoms. The highest BCUT2D eigenvalue weighted by molar-refractivity contribution is 7.12. The Bertz CT molecular complexity index is 1690. The zero-order valence-electron chi connectivity index (χ0n) is 26.0.